The largest absolute Gasteiger partial charge is 0.216 e. The highest BCUT2D eigenvalue weighted by Crippen LogP contribution is 2.31. The van der Waals surface area contributed by atoms with Crippen molar-refractivity contribution in [1.82, 2.24) is 4.98 Å². The summed E-state index contributed by atoms with van der Waals surface area (Å²) in [5.74, 6) is 0. The first kappa shape index (κ1) is 6.99. The van der Waals surface area contributed by atoms with E-state index in [1.165, 1.54) is 11.3 Å². The molecule has 0 saturated heterocycles. The minimum absolute atomic E-state index is 0.516. The van der Waals surface area contributed by atoms with Crippen molar-refractivity contribution in [2.75, 3.05) is 0 Å². The van der Waals surface area contributed by atoms with Crippen LogP contribution in [0.5, 0.6) is 0 Å². The van der Waals surface area contributed by atoms with Gasteiger partial charge >= 0.3 is 0 Å². The van der Waals surface area contributed by atoms with E-state index >= 15 is 0 Å². The minimum Gasteiger partial charge on any atom is -0.216 e. The number of hydrogen-bond donors (Lipinski definition) is 0. The molecule has 1 aromatic rings. The van der Waals surface area contributed by atoms with E-state index in [0.717, 1.165) is 7.70 Å². The summed E-state index contributed by atoms with van der Waals surface area (Å²) in [7, 11) is 0. The maximum Gasteiger partial charge on any atom is 0.161 e. The van der Waals surface area contributed by atoms with Gasteiger partial charge in [-0.2, -0.15) is 0 Å². The first-order valence-electron chi connectivity index (χ1n) is 1.67. The summed E-state index contributed by atoms with van der Waals surface area (Å²) in [5, 5.41) is 0.516. The average Bonchev–Trinajstić information content (AvgIpc) is 1.85. The van der Waals surface area contributed by atoms with Crippen molar-refractivity contribution >= 4 is 54.8 Å². The van der Waals surface area contributed by atoms with Crippen LogP contribution in [0.3, 0.4) is 0 Å². The van der Waals surface area contributed by atoms with E-state index < -0.39 is 0 Å². The predicted octanol–water partition coefficient (Wildman–Crippen LogP) is 3.32. The molecule has 0 saturated carbocycles. The molecule has 0 spiro atoms. The Labute approximate surface area is 72.3 Å². The van der Waals surface area contributed by atoms with Crippen LogP contribution in [-0.2, 0) is 0 Å². The first-order chi connectivity index (χ1) is 3.70. The second-order valence-corrected chi connectivity index (χ2v) is 4.98. The summed E-state index contributed by atoms with van der Waals surface area (Å²) in [6.45, 7) is 0. The Bertz CT molecular complexity index is 180. The third kappa shape index (κ3) is 1.43. The average molecular weight is 277 g/mol. The SMILES string of the molecule is Clc1nc(Br)sc1Br. The van der Waals surface area contributed by atoms with Crippen LogP contribution in [0.4, 0.5) is 0 Å². The molecule has 0 aromatic carbocycles. The van der Waals surface area contributed by atoms with Crippen molar-refractivity contribution in [1.29, 1.82) is 0 Å². The Morgan fingerprint density at radius 3 is 2.25 bits per heavy atom. The summed E-state index contributed by atoms with van der Waals surface area (Å²) in [6.07, 6.45) is 0. The summed E-state index contributed by atoms with van der Waals surface area (Å²) in [5.41, 5.74) is 0. The summed E-state index contributed by atoms with van der Waals surface area (Å²) in [6, 6.07) is 0. The maximum absolute atomic E-state index is 5.55. The predicted molar refractivity (Wildman–Crippen MR) is 42.5 cm³/mol. The third-order valence-corrected chi connectivity index (χ3v) is 3.29. The van der Waals surface area contributed by atoms with Crippen molar-refractivity contribution in [3.63, 3.8) is 0 Å². The Morgan fingerprint density at radius 2 is 2.12 bits per heavy atom. The Kier molecular flexibility index (Phi) is 2.31. The van der Waals surface area contributed by atoms with Crippen LogP contribution in [-0.4, -0.2) is 4.98 Å². The number of nitrogens with zero attached hydrogens (tertiary/aromatic N) is 1. The minimum atomic E-state index is 0.516. The smallest absolute Gasteiger partial charge is 0.161 e. The van der Waals surface area contributed by atoms with Gasteiger partial charge in [0.2, 0.25) is 0 Å². The van der Waals surface area contributed by atoms with E-state index in [1.807, 2.05) is 0 Å². The summed E-state index contributed by atoms with van der Waals surface area (Å²) in [4.78, 5) is 3.86. The molecular formula is C3Br2ClNS. The molecule has 0 aliphatic heterocycles. The second kappa shape index (κ2) is 2.64. The molecule has 8 heavy (non-hydrogen) atoms. The van der Waals surface area contributed by atoms with Gasteiger partial charge in [-0.25, -0.2) is 4.98 Å². The van der Waals surface area contributed by atoms with E-state index in [2.05, 4.69) is 36.8 Å². The van der Waals surface area contributed by atoms with Crippen LogP contribution in [0.15, 0.2) is 7.70 Å². The first-order valence-corrected chi connectivity index (χ1v) is 4.45. The molecule has 0 atom stereocenters. The van der Waals surface area contributed by atoms with Gasteiger partial charge in [-0.05, 0) is 31.9 Å². The molecule has 0 N–H and O–H groups in total. The second-order valence-electron chi connectivity index (χ2n) is 1.03. The lowest BCUT2D eigenvalue weighted by Gasteiger charge is -1.71. The Morgan fingerprint density at radius 1 is 1.50 bits per heavy atom. The molecule has 0 aliphatic rings. The molecule has 1 rings (SSSR count). The number of halogens is 3. The van der Waals surface area contributed by atoms with Crippen LogP contribution >= 0.6 is 54.8 Å². The summed E-state index contributed by atoms with van der Waals surface area (Å²) < 4.78 is 1.67. The van der Waals surface area contributed by atoms with Gasteiger partial charge in [-0.3, -0.25) is 0 Å². The number of aromatic nitrogens is 1. The fourth-order valence-corrected chi connectivity index (χ4v) is 2.89. The molecule has 0 aliphatic carbocycles. The van der Waals surface area contributed by atoms with Gasteiger partial charge < -0.3 is 0 Å². The van der Waals surface area contributed by atoms with E-state index in [-0.39, 0.29) is 0 Å². The zero-order valence-electron chi connectivity index (χ0n) is 3.49. The summed E-state index contributed by atoms with van der Waals surface area (Å²) >= 11 is 13.4. The highest BCUT2D eigenvalue weighted by atomic mass is 79.9. The molecule has 0 radical (unpaired) electrons. The molecule has 0 fully saturated rings. The van der Waals surface area contributed by atoms with Crippen molar-refractivity contribution < 1.29 is 0 Å². The highest BCUT2D eigenvalue weighted by molar-refractivity contribution is 9.12. The molecule has 1 heterocycles. The van der Waals surface area contributed by atoms with Gasteiger partial charge in [0.05, 0.1) is 0 Å². The lowest BCUT2D eigenvalue weighted by atomic mass is 11.0. The zero-order chi connectivity index (χ0) is 6.15. The van der Waals surface area contributed by atoms with Crippen molar-refractivity contribution in [2.24, 2.45) is 0 Å². The van der Waals surface area contributed by atoms with Crippen molar-refractivity contribution in [3.05, 3.63) is 12.9 Å². The van der Waals surface area contributed by atoms with Gasteiger partial charge in [-0.1, -0.05) is 22.9 Å². The van der Waals surface area contributed by atoms with Gasteiger partial charge in [0.15, 0.2) is 9.07 Å². The van der Waals surface area contributed by atoms with Crippen LogP contribution in [0.2, 0.25) is 5.15 Å². The van der Waals surface area contributed by atoms with Crippen LogP contribution in [0.25, 0.3) is 0 Å². The topological polar surface area (TPSA) is 12.9 Å². The standard InChI is InChI=1S/C3Br2ClNS/c4-1-2(6)7-3(5)8-1. The molecule has 0 bridgehead atoms. The third-order valence-electron chi connectivity index (χ3n) is 0.522. The van der Waals surface area contributed by atoms with Crippen LogP contribution in [0, 0.1) is 0 Å². The fourth-order valence-electron chi connectivity index (χ4n) is 0.260. The molecule has 44 valence electrons. The monoisotopic (exact) mass is 275 g/mol. The molecule has 0 unspecified atom stereocenters. The Balaban J connectivity index is 3.14. The lowest BCUT2D eigenvalue weighted by Crippen LogP contribution is -1.57. The van der Waals surface area contributed by atoms with Gasteiger partial charge in [0.1, 0.15) is 3.79 Å². The highest BCUT2D eigenvalue weighted by Gasteiger charge is 2.01. The van der Waals surface area contributed by atoms with Gasteiger partial charge in [0, 0.05) is 0 Å². The van der Waals surface area contributed by atoms with Gasteiger partial charge in [-0.15, -0.1) is 0 Å². The lowest BCUT2D eigenvalue weighted by molar-refractivity contribution is 1.37. The number of hydrogen-bond acceptors (Lipinski definition) is 2. The van der Waals surface area contributed by atoms with Crippen LogP contribution in [0.1, 0.15) is 0 Å². The molecule has 1 aromatic heterocycles. The van der Waals surface area contributed by atoms with E-state index in [0.29, 0.717) is 5.15 Å². The maximum atomic E-state index is 5.55. The Hall–Kier alpha value is 0.880. The van der Waals surface area contributed by atoms with Crippen LogP contribution < -0.4 is 0 Å². The van der Waals surface area contributed by atoms with Crippen molar-refractivity contribution in [2.45, 2.75) is 0 Å². The van der Waals surface area contributed by atoms with E-state index in [1.54, 1.807) is 0 Å². The zero-order valence-corrected chi connectivity index (χ0v) is 8.23. The molecule has 0 amide bonds. The number of thiazole rings is 1. The number of rotatable bonds is 0. The van der Waals surface area contributed by atoms with E-state index in [4.69, 9.17) is 11.6 Å². The van der Waals surface area contributed by atoms with Gasteiger partial charge in [0.25, 0.3) is 0 Å². The molecular weight excluding hydrogens is 277 g/mol. The van der Waals surface area contributed by atoms with E-state index in [9.17, 15) is 0 Å². The molecule has 1 nitrogen and oxygen atoms in total. The molecule has 5 heteroatoms. The quantitative estimate of drug-likeness (QED) is 0.709. The fraction of sp³-hybridized carbons (Fsp3) is 0. The normalized spacial score (nSPS) is 9.88. The van der Waals surface area contributed by atoms with Crippen molar-refractivity contribution in [3.8, 4) is 0 Å².